The second kappa shape index (κ2) is 9.90. The molecule has 1 rings (SSSR count). The Kier molecular flexibility index (Phi) is 8.72. The van der Waals surface area contributed by atoms with Crippen molar-refractivity contribution < 1.29 is 4.74 Å². The van der Waals surface area contributed by atoms with Gasteiger partial charge in [0.25, 0.3) is 0 Å². The Hall–Kier alpha value is -0.0800. The van der Waals surface area contributed by atoms with E-state index >= 15 is 0 Å². The van der Waals surface area contributed by atoms with Crippen LogP contribution in [0.25, 0.3) is 0 Å². The van der Waals surface area contributed by atoms with E-state index in [1.807, 2.05) is 0 Å². The maximum Gasteiger partial charge on any atom is 0.0594 e. The summed E-state index contributed by atoms with van der Waals surface area (Å²) in [5, 5.41) is 3.56. The van der Waals surface area contributed by atoms with Crippen molar-refractivity contribution in [2.45, 2.75) is 83.8 Å². The highest BCUT2D eigenvalue weighted by Crippen LogP contribution is 2.19. The molecule has 1 aliphatic rings. The molecule has 1 aliphatic carbocycles. The molecule has 2 nitrogen and oxygen atoms in total. The van der Waals surface area contributed by atoms with Crippen molar-refractivity contribution in [3.05, 3.63) is 0 Å². The monoisotopic (exact) mass is 241 g/mol. The maximum absolute atomic E-state index is 5.90. The van der Waals surface area contributed by atoms with Crippen LogP contribution in [0.15, 0.2) is 0 Å². The number of nitrogens with one attached hydrogen (secondary N) is 1. The van der Waals surface area contributed by atoms with Gasteiger partial charge in [-0.3, -0.25) is 0 Å². The van der Waals surface area contributed by atoms with Crippen LogP contribution >= 0.6 is 0 Å². The van der Waals surface area contributed by atoms with Gasteiger partial charge in [0.15, 0.2) is 0 Å². The lowest BCUT2D eigenvalue weighted by atomic mass is 9.98. The van der Waals surface area contributed by atoms with Crippen LogP contribution in [0.5, 0.6) is 0 Å². The summed E-state index contributed by atoms with van der Waals surface area (Å²) >= 11 is 0. The van der Waals surface area contributed by atoms with E-state index in [2.05, 4.69) is 19.2 Å². The van der Waals surface area contributed by atoms with E-state index in [0.717, 1.165) is 13.2 Å². The average molecular weight is 241 g/mol. The van der Waals surface area contributed by atoms with Gasteiger partial charge >= 0.3 is 0 Å². The topological polar surface area (TPSA) is 21.3 Å². The molecule has 0 aromatic carbocycles. The zero-order chi connectivity index (χ0) is 12.3. The highest BCUT2D eigenvalue weighted by atomic mass is 16.5. The second-order valence-electron chi connectivity index (χ2n) is 5.48. The zero-order valence-electron chi connectivity index (χ0n) is 11.8. The predicted molar refractivity (Wildman–Crippen MR) is 74.4 cm³/mol. The molecule has 0 aliphatic heterocycles. The van der Waals surface area contributed by atoms with Gasteiger partial charge in [0, 0.05) is 12.6 Å². The van der Waals surface area contributed by atoms with Crippen LogP contribution in [0.1, 0.15) is 71.6 Å². The van der Waals surface area contributed by atoms with Crippen LogP contribution in [0.3, 0.4) is 0 Å². The standard InChI is InChI=1S/C15H31NO/c1-3-4-6-9-14(2)16-12-13-17-15-10-7-5-8-11-15/h14-16H,3-13H2,1-2H3. The van der Waals surface area contributed by atoms with Gasteiger partial charge in [-0.1, -0.05) is 45.4 Å². The lowest BCUT2D eigenvalue weighted by Gasteiger charge is -2.22. The van der Waals surface area contributed by atoms with Crippen molar-refractivity contribution >= 4 is 0 Å². The largest absolute Gasteiger partial charge is 0.377 e. The van der Waals surface area contributed by atoms with Crippen molar-refractivity contribution in [1.29, 1.82) is 0 Å². The highest BCUT2D eigenvalue weighted by Gasteiger charge is 2.13. The third-order valence-corrected chi connectivity index (χ3v) is 3.74. The van der Waals surface area contributed by atoms with E-state index in [0.29, 0.717) is 12.1 Å². The number of hydrogen-bond acceptors (Lipinski definition) is 2. The Morgan fingerprint density at radius 1 is 1.18 bits per heavy atom. The van der Waals surface area contributed by atoms with Gasteiger partial charge in [0.05, 0.1) is 12.7 Å². The van der Waals surface area contributed by atoms with Gasteiger partial charge in [-0.05, 0) is 26.2 Å². The Labute approximate surface area is 108 Å². The van der Waals surface area contributed by atoms with Gasteiger partial charge in [-0.25, -0.2) is 0 Å². The van der Waals surface area contributed by atoms with Crippen LogP contribution in [0.4, 0.5) is 0 Å². The molecule has 1 N–H and O–H groups in total. The van der Waals surface area contributed by atoms with E-state index < -0.39 is 0 Å². The highest BCUT2D eigenvalue weighted by molar-refractivity contribution is 4.66. The summed E-state index contributed by atoms with van der Waals surface area (Å²) in [7, 11) is 0. The summed E-state index contributed by atoms with van der Waals surface area (Å²) in [6.45, 7) is 6.46. The third-order valence-electron chi connectivity index (χ3n) is 3.74. The first-order chi connectivity index (χ1) is 8.33. The van der Waals surface area contributed by atoms with Crippen molar-refractivity contribution in [1.82, 2.24) is 5.32 Å². The van der Waals surface area contributed by atoms with Crippen LogP contribution < -0.4 is 5.32 Å². The molecular formula is C15H31NO. The van der Waals surface area contributed by atoms with E-state index in [4.69, 9.17) is 4.74 Å². The lowest BCUT2D eigenvalue weighted by molar-refractivity contribution is 0.0294. The van der Waals surface area contributed by atoms with Gasteiger partial charge in [-0.15, -0.1) is 0 Å². The van der Waals surface area contributed by atoms with Crippen LogP contribution in [0.2, 0.25) is 0 Å². The molecule has 0 aromatic heterocycles. The summed E-state index contributed by atoms with van der Waals surface area (Å²) in [4.78, 5) is 0. The minimum absolute atomic E-state index is 0.556. The summed E-state index contributed by atoms with van der Waals surface area (Å²) in [6, 6.07) is 0.650. The van der Waals surface area contributed by atoms with E-state index in [-0.39, 0.29) is 0 Å². The number of ether oxygens (including phenoxy) is 1. The minimum Gasteiger partial charge on any atom is -0.377 e. The van der Waals surface area contributed by atoms with Crippen molar-refractivity contribution in [2.24, 2.45) is 0 Å². The lowest BCUT2D eigenvalue weighted by Crippen LogP contribution is -2.31. The molecule has 0 bridgehead atoms. The Balaban J connectivity index is 1.88. The molecule has 1 saturated carbocycles. The molecule has 2 heteroatoms. The molecular weight excluding hydrogens is 210 g/mol. The quantitative estimate of drug-likeness (QED) is 0.618. The predicted octanol–water partition coefficient (Wildman–Crippen LogP) is 3.89. The van der Waals surface area contributed by atoms with Crippen LogP contribution in [-0.4, -0.2) is 25.3 Å². The van der Waals surface area contributed by atoms with Gasteiger partial charge in [-0.2, -0.15) is 0 Å². The maximum atomic E-state index is 5.90. The van der Waals surface area contributed by atoms with Crippen molar-refractivity contribution in [3.63, 3.8) is 0 Å². The molecule has 0 radical (unpaired) electrons. The summed E-state index contributed by atoms with van der Waals surface area (Å²) < 4.78 is 5.90. The molecule has 1 unspecified atom stereocenters. The molecule has 0 heterocycles. The third kappa shape index (κ3) is 7.77. The van der Waals surface area contributed by atoms with Gasteiger partial charge in [0.1, 0.15) is 0 Å². The van der Waals surface area contributed by atoms with E-state index in [9.17, 15) is 0 Å². The van der Waals surface area contributed by atoms with E-state index in [1.54, 1.807) is 0 Å². The molecule has 1 fully saturated rings. The summed E-state index contributed by atoms with van der Waals surface area (Å²) in [5.74, 6) is 0. The molecule has 102 valence electrons. The molecule has 0 spiro atoms. The molecule has 0 amide bonds. The fourth-order valence-electron chi connectivity index (χ4n) is 2.57. The Morgan fingerprint density at radius 3 is 2.65 bits per heavy atom. The number of hydrogen-bond donors (Lipinski definition) is 1. The normalized spacial score (nSPS) is 19.4. The zero-order valence-corrected chi connectivity index (χ0v) is 11.8. The smallest absolute Gasteiger partial charge is 0.0594 e. The fourth-order valence-corrected chi connectivity index (χ4v) is 2.57. The molecule has 17 heavy (non-hydrogen) atoms. The average Bonchev–Trinajstić information content (AvgIpc) is 2.36. The van der Waals surface area contributed by atoms with E-state index in [1.165, 1.54) is 57.8 Å². The van der Waals surface area contributed by atoms with Crippen LogP contribution in [-0.2, 0) is 4.74 Å². The Bertz CT molecular complexity index is 166. The molecule has 0 saturated heterocycles. The molecule has 0 aromatic rings. The Morgan fingerprint density at radius 2 is 1.94 bits per heavy atom. The fraction of sp³-hybridized carbons (Fsp3) is 1.00. The minimum atomic E-state index is 0.556. The van der Waals surface area contributed by atoms with Crippen LogP contribution in [0, 0.1) is 0 Å². The molecule has 1 atom stereocenters. The first-order valence-electron chi connectivity index (χ1n) is 7.68. The SMILES string of the molecule is CCCCCC(C)NCCOC1CCCCC1. The summed E-state index contributed by atoms with van der Waals surface area (Å²) in [5.41, 5.74) is 0. The van der Waals surface area contributed by atoms with Gasteiger partial charge < -0.3 is 10.1 Å². The number of rotatable bonds is 9. The summed E-state index contributed by atoms with van der Waals surface area (Å²) in [6.07, 6.45) is 12.6. The van der Waals surface area contributed by atoms with Crippen molar-refractivity contribution in [2.75, 3.05) is 13.2 Å². The second-order valence-corrected chi connectivity index (χ2v) is 5.48. The first-order valence-corrected chi connectivity index (χ1v) is 7.68. The van der Waals surface area contributed by atoms with Gasteiger partial charge in [0.2, 0.25) is 0 Å². The van der Waals surface area contributed by atoms with Crippen molar-refractivity contribution in [3.8, 4) is 0 Å². The first kappa shape index (κ1) is 15.0. The number of unbranched alkanes of at least 4 members (excludes halogenated alkanes) is 2.